The summed E-state index contributed by atoms with van der Waals surface area (Å²) in [5.41, 5.74) is 7.29. The maximum atomic E-state index is 13.1. The standard InChI is InChI=1S/C14H13FN2S/c1-9-5-6-13(12(7-9)14(16)17)18-11-4-2-3-10(15)8-11/h2-8H,1H3,(H3,16,17). The second-order valence-corrected chi connectivity index (χ2v) is 5.09. The van der Waals surface area contributed by atoms with Gasteiger partial charge in [0.1, 0.15) is 11.7 Å². The van der Waals surface area contributed by atoms with E-state index in [1.54, 1.807) is 6.07 Å². The maximum Gasteiger partial charge on any atom is 0.124 e. The monoisotopic (exact) mass is 260 g/mol. The number of nitrogens with one attached hydrogen (secondary N) is 1. The largest absolute Gasteiger partial charge is 0.384 e. The number of hydrogen-bond donors (Lipinski definition) is 2. The van der Waals surface area contributed by atoms with Gasteiger partial charge in [0.05, 0.1) is 0 Å². The smallest absolute Gasteiger partial charge is 0.124 e. The Morgan fingerprint density at radius 3 is 2.67 bits per heavy atom. The van der Waals surface area contributed by atoms with Crippen LogP contribution in [0.15, 0.2) is 52.3 Å². The van der Waals surface area contributed by atoms with E-state index in [9.17, 15) is 4.39 Å². The van der Waals surface area contributed by atoms with Crippen LogP contribution in [0.25, 0.3) is 0 Å². The summed E-state index contributed by atoms with van der Waals surface area (Å²) in [6.45, 7) is 1.95. The average Bonchev–Trinajstić information content (AvgIpc) is 2.31. The molecule has 2 aromatic rings. The fourth-order valence-electron chi connectivity index (χ4n) is 1.60. The summed E-state index contributed by atoms with van der Waals surface area (Å²) in [5, 5.41) is 7.57. The van der Waals surface area contributed by atoms with Crippen molar-refractivity contribution in [1.82, 2.24) is 0 Å². The number of nitrogen functional groups attached to an aromatic ring is 1. The van der Waals surface area contributed by atoms with E-state index in [4.69, 9.17) is 11.1 Å². The van der Waals surface area contributed by atoms with E-state index >= 15 is 0 Å². The number of nitrogens with two attached hydrogens (primary N) is 1. The Bertz CT molecular complexity index is 596. The molecule has 0 spiro atoms. The molecule has 0 amide bonds. The highest BCUT2D eigenvalue weighted by molar-refractivity contribution is 7.99. The molecule has 0 aliphatic rings. The summed E-state index contributed by atoms with van der Waals surface area (Å²) in [5.74, 6) is -0.242. The Hall–Kier alpha value is -1.81. The lowest BCUT2D eigenvalue weighted by atomic mass is 10.1. The molecule has 0 aliphatic heterocycles. The number of benzene rings is 2. The minimum absolute atomic E-state index is 0.0256. The van der Waals surface area contributed by atoms with Crippen molar-refractivity contribution >= 4 is 17.6 Å². The highest BCUT2D eigenvalue weighted by Crippen LogP contribution is 2.31. The molecule has 2 nitrogen and oxygen atoms in total. The van der Waals surface area contributed by atoms with Crippen molar-refractivity contribution in [3.63, 3.8) is 0 Å². The summed E-state index contributed by atoms with van der Waals surface area (Å²) in [4.78, 5) is 1.65. The third kappa shape index (κ3) is 2.90. The van der Waals surface area contributed by atoms with Crippen LogP contribution in [-0.4, -0.2) is 5.84 Å². The van der Waals surface area contributed by atoms with Crippen LogP contribution in [0.1, 0.15) is 11.1 Å². The van der Waals surface area contributed by atoms with Gasteiger partial charge in [-0.05, 0) is 37.3 Å². The van der Waals surface area contributed by atoms with Crippen molar-refractivity contribution in [2.45, 2.75) is 16.7 Å². The number of aryl methyl sites for hydroxylation is 1. The fourth-order valence-corrected chi connectivity index (χ4v) is 2.59. The summed E-state index contributed by atoms with van der Waals surface area (Å²) in [6.07, 6.45) is 0. The minimum atomic E-state index is -0.267. The molecule has 0 radical (unpaired) electrons. The summed E-state index contributed by atoms with van der Waals surface area (Å²) in [7, 11) is 0. The van der Waals surface area contributed by atoms with Gasteiger partial charge in [0.15, 0.2) is 0 Å². The first-order valence-electron chi connectivity index (χ1n) is 5.45. The van der Waals surface area contributed by atoms with Crippen molar-refractivity contribution in [3.05, 3.63) is 59.4 Å². The normalized spacial score (nSPS) is 10.3. The van der Waals surface area contributed by atoms with Gasteiger partial charge in [0.2, 0.25) is 0 Å². The van der Waals surface area contributed by atoms with Crippen LogP contribution in [0.5, 0.6) is 0 Å². The lowest BCUT2D eigenvalue weighted by Crippen LogP contribution is -2.12. The zero-order valence-electron chi connectivity index (χ0n) is 9.91. The average molecular weight is 260 g/mol. The molecule has 92 valence electrons. The van der Waals surface area contributed by atoms with Crippen LogP contribution in [0.2, 0.25) is 0 Å². The SMILES string of the molecule is Cc1ccc(Sc2cccc(F)c2)c(C(=N)N)c1. The van der Waals surface area contributed by atoms with E-state index in [0.29, 0.717) is 5.56 Å². The highest BCUT2D eigenvalue weighted by atomic mass is 32.2. The third-order valence-corrected chi connectivity index (χ3v) is 3.51. The maximum absolute atomic E-state index is 13.1. The molecule has 2 aromatic carbocycles. The minimum Gasteiger partial charge on any atom is -0.384 e. The second-order valence-electron chi connectivity index (χ2n) is 3.97. The molecule has 0 saturated heterocycles. The van der Waals surface area contributed by atoms with Crippen molar-refractivity contribution in [1.29, 1.82) is 5.41 Å². The van der Waals surface area contributed by atoms with Crippen LogP contribution < -0.4 is 5.73 Å². The topological polar surface area (TPSA) is 49.9 Å². The zero-order chi connectivity index (χ0) is 13.1. The van der Waals surface area contributed by atoms with E-state index in [2.05, 4.69) is 0 Å². The molecule has 0 aliphatic carbocycles. The van der Waals surface area contributed by atoms with Crippen molar-refractivity contribution in [2.24, 2.45) is 5.73 Å². The molecule has 0 heterocycles. The van der Waals surface area contributed by atoms with Gasteiger partial charge in [-0.25, -0.2) is 4.39 Å². The van der Waals surface area contributed by atoms with Crippen molar-refractivity contribution in [2.75, 3.05) is 0 Å². The molecular formula is C14H13FN2S. The van der Waals surface area contributed by atoms with Crippen LogP contribution >= 0.6 is 11.8 Å². The van der Waals surface area contributed by atoms with E-state index in [-0.39, 0.29) is 11.7 Å². The van der Waals surface area contributed by atoms with Gasteiger partial charge in [-0.15, -0.1) is 0 Å². The van der Waals surface area contributed by atoms with Crippen LogP contribution in [-0.2, 0) is 0 Å². The first kappa shape index (κ1) is 12.6. The molecule has 0 bridgehead atoms. The van der Waals surface area contributed by atoms with E-state index in [1.807, 2.05) is 31.2 Å². The predicted octanol–water partition coefficient (Wildman–Crippen LogP) is 3.57. The molecule has 0 saturated carbocycles. The van der Waals surface area contributed by atoms with E-state index < -0.39 is 0 Å². The Kier molecular flexibility index (Phi) is 3.67. The number of rotatable bonds is 3. The van der Waals surface area contributed by atoms with Gasteiger partial charge in [-0.2, -0.15) is 0 Å². The lowest BCUT2D eigenvalue weighted by Gasteiger charge is -2.09. The molecule has 0 atom stereocenters. The van der Waals surface area contributed by atoms with E-state index in [0.717, 1.165) is 15.4 Å². The Labute approximate surface area is 110 Å². The Balaban J connectivity index is 2.37. The van der Waals surface area contributed by atoms with Crippen molar-refractivity contribution < 1.29 is 4.39 Å². The quantitative estimate of drug-likeness (QED) is 0.654. The lowest BCUT2D eigenvalue weighted by molar-refractivity contribution is 0.624. The van der Waals surface area contributed by atoms with Crippen LogP contribution in [0, 0.1) is 18.2 Å². The first-order valence-corrected chi connectivity index (χ1v) is 6.26. The van der Waals surface area contributed by atoms with Gasteiger partial charge in [-0.3, -0.25) is 5.41 Å². The van der Waals surface area contributed by atoms with Crippen LogP contribution in [0.3, 0.4) is 0 Å². The van der Waals surface area contributed by atoms with Gasteiger partial charge in [0.25, 0.3) is 0 Å². The van der Waals surface area contributed by atoms with Crippen LogP contribution in [0.4, 0.5) is 4.39 Å². The molecular weight excluding hydrogens is 247 g/mol. The highest BCUT2D eigenvalue weighted by Gasteiger charge is 2.07. The van der Waals surface area contributed by atoms with Gasteiger partial charge in [-0.1, -0.05) is 29.5 Å². The summed E-state index contributed by atoms with van der Waals surface area (Å²) < 4.78 is 13.1. The molecule has 3 N–H and O–H groups in total. The fraction of sp³-hybridized carbons (Fsp3) is 0.0714. The van der Waals surface area contributed by atoms with Crippen molar-refractivity contribution in [3.8, 4) is 0 Å². The molecule has 2 rings (SSSR count). The zero-order valence-corrected chi connectivity index (χ0v) is 10.7. The Morgan fingerprint density at radius 2 is 2.00 bits per heavy atom. The summed E-state index contributed by atoms with van der Waals surface area (Å²) in [6, 6.07) is 12.1. The number of halogens is 1. The number of amidine groups is 1. The third-order valence-electron chi connectivity index (χ3n) is 2.45. The number of hydrogen-bond acceptors (Lipinski definition) is 2. The first-order chi connectivity index (χ1) is 8.56. The van der Waals surface area contributed by atoms with Gasteiger partial charge >= 0.3 is 0 Å². The molecule has 4 heteroatoms. The second kappa shape index (κ2) is 5.23. The Morgan fingerprint density at radius 1 is 1.22 bits per heavy atom. The van der Waals surface area contributed by atoms with E-state index in [1.165, 1.54) is 23.9 Å². The predicted molar refractivity (Wildman–Crippen MR) is 72.7 cm³/mol. The molecule has 0 fully saturated rings. The summed E-state index contributed by atoms with van der Waals surface area (Å²) >= 11 is 1.40. The van der Waals surface area contributed by atoms with Gasteiger partial charge in [0, 0.05) is 15.4 Å². The molecule has 18 heavy (non-hydrogen) atoms. The molecule has 0 unspecified atom stereocenters. The van der Waals surface area contributed by atoms with Gasteiger partial charge < -0.3 is 5.73 Å². The molecule has 0 aromatic heterocycles.